The van der Waals surface area contributed by atoms with Gasteiger partial charge in [0.15, 0.2) is 5.82 Å². The lowest BCUT2D eigenvalue weighted by atomic mass is 10.2. The molecular formula is C10H10BrN5O2. The van der Waals surface area contributed by atoms with Gasteiger partial charge in [0.1, 0.15) is 0 Å². The Morgan fingerprint density at radius 3 is 2.89 bits per heavy atom. The smallest absolute Gasteiger partial charge is 0.285 e. The van der Waals surface area contributed by atoms with Gasteiger partial charge in [-0.3, -0.25) is 10.1 Å². The molecule has 0 aliphatic carbocycles. The molecule has 0 unspecified atom stereocenters. The number of nitrogen functional groups attached to an aromatic ring is 1. The summed E-state index contributed by atoms with van der Waals surface area (Å²) in [5, 5.41) is 18.5. The lowest BCUT2D eigenvalue weighted by Crippen LogP contribution is -2.03. The van der Waals surface area contributed by atoms with E-state index in [0.717, 1.165) is 5.69 Å². The van der Waals surface area contributed by atoms with Gasteiger partial charge in [0.2, 0.25) is 0 Å². The summed E-state index contributed by atoms with van der Waals surface area (Å²) in [6, 6.07) is 4.74. The second-order valence-corrected chi connectivity index (χ2v) is 4.43. The predicted molar refractivity (Wildman–Crippen MR) is 69.5 cm³/mol. The van der Waals surface area contributed by atoms with Crippen LogP contribution in [0, 0.1) is 10.1 Å². The maximum Gasteiger partial charge on any atom is 0.285 e. The largest absolute Gasteiger partial charge is 0.381 e. The average Bonchev–Trinajstić information content (AvgIpc) is 2.70. The molecule has 0 saturated carbocycles. The Labute approximate surface area is 111 Å². The van der Waals surface area contributed by atoms with Gasteiger partial charge in [0.05, 0.1) is 20.8 Å². The van der Waals surface area contributed by atoms with Gasteiger partial charge < -0.3 is 5.73 Å². The van der Waals surface area contributed by atoms with Crippen LogP contribution < -0.4 is 5.73 Å². The summed E-state index contributed by atoms with van der Waals surface area (Å²) in [6.45, 7) is 1.92. The molecule has 0 aliphatic heterocycles. The highest BCUT2D eigenvalue weighted by molar-refractivity contribution is 9.10. The number of halogens is 1. The first-order valence-corrected chi connectivity index (χ1v) is 5.98. The SMILES string of the molecule is CCc1c(N)nnn1-c1ccc(Br)c([N+](=O)[O-])c1. The summed E-state index contributed by atoms with van der Waals surface area (Å²) < 4.78 is 1.93. The van der Waals surface area contributed by atoms with Crippen molar-refractivity contribution < 1.29 is 4.92 Å². The number of nitro groups is 1. The highest BCUT2D eigenvalue weighted by Crippen LogP contribution is 2.27. The van der Waals surface area contributed by atoms with Gasteiger partial charge in [-0.2, -0.15) is 0 Å². The van der Waals surface area contributed by atoms with Crippen LogP contribution in [0.3, 0.4) is 0 Å². The Bertz CT molecular complexity index is 610. The van der Waals surface area contributed by atoms with E-state index in [4.69, 9.17) is 5.73 Å². The first kappa shape index (κ1) is 12.5. The standard InChI is InChI=1S/C10H10BrN5O2/c1-2-8-10(12)13-14-15(8)6-3-4-7(11)9(5-6)16(17)18/h3-5H,2,12H2,1H3. The molecule has 0 fully saturated rings. The summed E-state index contributed by atoms with van der Waals surface area (Å²) in [7, 11) is 0. The molecule has 0 saturated heterocycles. The van der Waals surface area contributed by atoms with Gasteiger partial charge in [0, 0.05) is 6.07 Å². The number of rotatable bonds is 3. The fourth-order valence-corrected chi connectivity index (χ4v) is 2.02. The van der Waals surface area contributed by atoms with Gasteiger partial charge in [0.25, 0.3) is 5.69 Å². The lowest BCUT2D eigenvalue weighted by Gasteiger charge is -2.05. The van der Waals surface area contributed by atoms with E-state index < -0.39 is 4.92 Å². The van der Waals surface area contributed by atoms with Crippen molar-refractivity contribution in [1.82, 2.24) is 15.0 Å². The molecular weight excluding hydrogens is 302 g/mol. The second kappa shape index (κ2) is 4.73. The fourth-order valence-electron chi connectivity index (χ4n) is 1.62. The van der Waals surface area contributed by atoms with Crippen molar-refractivity contribution in [3.63, 3.8) is 0 Å². The minimum atomic E-state index is -0.459. The molecule has 0 spiro atoms. The number of aromatic nitrogens is 3. The van der Waals surface area contributed by atoms with Gasteiger partial charge in [-0.05, 0) is 34.5 Å². The maximum absolute atomic E-state index is 10.9. The van der Waals surface area contributed by atoms with Crippen LogP contribution in [0.2, 0.25) is 0 Å². The highest BCUT2D eigenvalue weighted by Gasteiger charge is 2.16. The van der Waals surface area contributed by atoms with Crippen molar-refractivity contribution in [2.75, 3.05) is 5.73 Å². The van der Waals surface area contributed by atoms with Crippen LogP contribution in [0.5, 0.6) is 0 Å². The third-order valence-electron chi connectivity index (χ3n) is 2.50. The Balaban J connectivity index is 2.57. The minimum Gasteiger partial charge on any atom is -0.381 e. The fraction of sp³-hybridized carbons (Fsp3) is 0.200. The van der Waals surface area contributed by atoms with E-state index in [1.165, 1.54) is 10.7 Å². The number of nitrogens with zero attached hydrogens (tertiary/aromatic N) is 4. The minimum absolute atomic E-state index is 0.0244. The van der Waals surface area contributed by atoms with Crippen LogP contribution in [0.4, 0.5) is 11.5 Å². The van der Waals surface area contributed by atoms with E-state index in [9.17, 15) is 10.1 Å². The van der Waals surface area contributed by atoms with Gasteiger partial charge in [-0.25, -0.2) is 4.68 Å². The molecule has 2 aromatic rings. The Morgan fingerprint density at radius 2 is 2.28 bits per heavy atom. The predicted octanol–water partition coefficient (Wildman–Crippen LogP) is 2.08. The monoisotopic (exact) mass is 311 g/mol. The maximum atomic E-state index is 10.9. The van der Waals surface area contributed by atoms with E-state index in [0.29, 0.717) is 22.4 Å². The topological polar surface area (TPSA) is 99.9 Å². The third-order valence-corrected chi connectivity index (χ3v) is 3.17. The van der Waals surface area contributed by atoms with Gasteiger partial charge >= 0.3 is 0 Å². The Morgan fingerprint density at radius 1 is 1.56 bits per heavy atom. The molecule has 1 aromatic carbocycles. The van der Waals surface area contributed by atoms with Crippen LogP contribution in [-0.4, -0.2) is 19.9 Å². The lowest BCUT2D eigenvalue weighted by molar-refractivity contribution is -0.385. The van der Waals surface area contributed by atoms with Crippen molar-refractivity contribution >= 4 is 27.4 Å². The Kier molecular flexibility index (Phi) is 3.28. The molecule has 1 heterocycles. The Hall–Kier alpha value is -1.96. The summed E-state index contributed by atoms with van der Waals surface area (Å²) in [6.07, 6.45) is 0.642. The second-order valence-electron chi connectivity index (χ2n) is 3.58. The van der Waals surface area contributed by atoms with Crippen molar-refractivity contribution in [3.05, 3.63) is 38.5 Å². The zero-order valence-electron chi connectivity index (χ0n) is 9.50. The first-order chi connectivity index (χ1) is 8.54. The summed E-state index contributed by atoms with van der Waals surface area (Å²) >= 11 is 3.13. The van der Waals surface area contributed by atoms with Crippen molar-refractivity contribution in [1.29, 1.82) is 0 Å². The number of hydrogen-bond acceptors (Lipinski definition) is 5. The van der Waals surface area contributed by atoms with E-state index >= 15 is 0 Å². The van der Waals surface area contributed by atoms with Crippen LogP contribution in [0.1, 0.15) is 12.6 Å². The number of nitrogens with two attached hydrogens (primary N) is 1. The van der Waals surface area contributed by atoms with Crippen LogP contribution in [0.15, 0.2) is 22.7 Å². The molecule has 0 radical (unpaired) electrons. The molecule has 18 heavy (non-hydrogen) atoms. The molecule has 94 valence electrons. The summed E-state index contributed by atoms with van der Waals surface area (Å²) in [4.78, 5) is 10.4. The van der Waals surface area contributed by atoms with E-state index in [-0.39, 0.29) is 5.69 Å². The summed E-state index contributed by atoms with van der Waals surface area (Å²) in [5.41, 5.74) is 6.94. The van der Waals surface area contributed by atoms with E-state index in [2.05, 4.69) is 26.2 Å². The molecule has 1 aromatic heterocycles. The summed E-state index contributed by atoms with van der Waals surface area (Å²) in [5.74, 6) is 0.336. The molecule has 8 heteroatoms. The highest BCUT2D eigenvalue weighted by atomic mass is 79.9. The van der Waals surface area contributed by atoms with Crippen molar-refractivity contribution in [2.45, 2.75) is 13.3 Å². The van der Waals surface area contributed by atoms with Gasteiger partial charge in [-0.15, -0.1) is 5.10 Å². The third kappa shape index (κ3) is 2.06. The van der Waals surface area contributed by atoms with Crippen LogP contribution in [-0.2, 0) is 6.42 Å². The average molecular weight is 312 g/mol. The number of nitro benzene ring substituents is 1. The number of anilines is 1. The number of benzene rings is 1. The van der Waals surface area contributed by atoms with Crippen molar-refractivity contribution in [3.8, 4) is 5.69 Å². The van der Waals surface area contributed by atoms with E-state index in [1.807, 2.05) is 6.92 Å². The molecule has 0 bridgehead atoms. The van der Waals surface area contributed by atoms with Crippen molar-refractivity contribution in [2.24, 2.45) is 0 Å². The van der Waals surface area contributed by atoms with Gasteiger partial charge in [-0.1, -0.05) is 12.1 Å². The molecule has 0 aliphatic rings. The molecule has 0 atom stereocenters. The number of hydrogen-bond donors (Lipinski definition) is 1. The molecule has 0 amide bonds. The zero-order valence-corrected chi connectivity index (χ0v) is 11.1. The first-order valence-electron chi connectivity index (χ1n) is 5.19. The molecule has 7 nitrogen and oxygen atoms in total. The van der Waals surface area contributed by atoms with Crippen LogP contribution in [0.25, 0.3) is 5.69 Å². The van der Waals surface area contributed by atoms with E-state index in [1.54, 1.807) is 12.1 Å². The molecule has 2 rings (SSSR count). The normalized spacial score (nSPS) is 10.6. The van der Waals surface area contributed by atoms with Crippen LogP contribution >= 0.6 is 15.9 Å². The quantitative estimate of drug-likeness (QED) is 0.691. The zero-order chi connectivity index (χ0) is 13.3. The molecule has 2 N–H and O–H groups in total.